The fourth-order valence-electron chi connectivity index (χ4n) is 2.78. The van der Waals surface area contributed by atoms with Gasteiger partial charge in [0.15, 0.2) is 0 Å². The van der Waals surface area contributed by atoms with E-state index in [0.29, 0.717) is 12.1 Å². The van der Waals surface area contributed by atoms with Gasteiger partial charge >= 0.3 is 0 Å². The standard InChI is InChI=1S/C14H20N2O3/c1-11-12(5-4-6-13(11)16(18)19)9-15-14(10-17)7-2-3-8-14/h4-6,15,17H,2-3,7-10H2,1H3. The van der Waals surface area contributed by atoms with Crippen LogP contribution in [-0.4, -0.2) is 22.2 Å². The summed E-state index contributed by atoms with van der Waals surface area (Å²) in [5.74, 6) is 0. The number of nitrogens with one attached hydrogen (secondary N) is 1. The molecule has 0 amide bonds. The minimum Gasteiger partial charge on any atom is -0.394 e. The Kier molecular flexibility index (Phi) is 4.17. The fraction of sp³-hybridized carbons (Fsp3) is 0.571. The maximum atomic E-state index is 10.9. The van der Waals surface area contributed by atoms with E-state index in [9.17, 15) is 15.2 Å². The number of aliphatic hydroxyl groups excluding tert-OH is 1. The molecule has 0 spiro atoms. The van der Waals surface area contributed by atoms with Crippen LogP contribution in [0.25, 0.3) is 0 Å². The van der Waals surface area contributed by atoms with Crippen molar-refractivity contribution in [2.24, 2.45) is 0 Å². The van der Waals surface area contributed by atoms with E-state index in [-0.39, 0.29) is 22.8 Å². The molecule has 0 aromatic heterocycles. The van der Waals surface area contributed by atoms with Gasteiger partial charge in [-0.25, -0.2) is 0 Å². The van der Waals surface area contributed by atoms with Gasteiger partial charge in [0.05, 0.1) is 11.5 Å². The first-order valence-corrected chi connectivity index (χ1v) is 6.67. The summed E-state index contributed by atoms with van der Waals surface area (Å²) >= 11 is 0. The molecule has 0 bridgehead atoms. The van der Waals surface area contributed by atoms with Crippen molar-refractivity contribution in [3.8, 4) is 0 Å². The van der Waals surface area contributed by atoms with E-state index in [4.69, 9.17) is 0 Å². The molecule has 0 radical (unpaired) electrons. The first kappa shape index (κ1) is 14.0. The molecular formula is C14H20N2O3. The molecule has 1 saturated carbocycles. The first-order chi connectivity index (χ1) is 9.08. The van der Waals surface area contributed by atoms with Crippen molar-refractivity contribution in [1.82, 2.24) is 5.32 Å². The van der Waals surface area contributed by atoms with Crippen molar-refractivity contribution in [3.05, 3.63) is 39.4 Å². The maximum absolute atomic E-state index is 10.9. The van der Waals surface area contributed by atoms with Crippen LogP contribution in [0, 0.1) is 17.0 Å². The average Bonchev–Trinajstić information content (AvgIpc) is 2.87. The van der Waals surface area contributed by atoms with Crippen LogP contribution in [0.4, 0.5) is 5.69 Å². The molecule has 104 valence electrons. The summed E-state index contributed by atoms with van der Waals surface area (Å²) in [6.45, 7) is 2.46. The lowest BCUT2D eigenvalue weighted by atomic mass is 9.97. The van der Waals surface area contributed by atoms with E-state index in [0.717, 1.165) is 31.2 Å². The van der Waals surface area contributed by atoms with E-state index in [2.05, 4.69) is 5.32 Å². The van der Waals surface area contributed by atoms with Gasteiger partial charge < -0.3 is 10.4 Å². The van der Waals surface area contributed by atoms with Crippen molar-refractivity contribution >= 4 is 5.69 Å². The minimum atomic E-state index is -0.351. The predicted molar refractivity (Wildman–Crippen MR) is 73.0 cm³/mol. The molecule has 1 aliphatic carbocycles. The molecule has 1 aromatic carbocycles. The van der Waals surface area contributed by atoms with Crippen molar-refractivity contribution in [2.75, 3.05) is 6.61 Å². The van der Waals surface area contributed by atoms with Crippen molar-refractivity contribution < 1.29 is 10.0 Å². The van der Waals surface area contributed by atoms with Crippen LogP contribution in [0.2, 0.25) is 0 Å². The number of benzene rings is 1. The third-order valence-corrected chi connectivity index (χ3v) is 4.13. The van der Waals surface area contributed by atoms with E-state index in [1.54, 1.807) is 13.0 Å². The third-order valence-electron chi connectivity index (χ3n) is 4.13. The zero-order chi connectivity index (χ0) is 13.9. The van der Waals surface area contributed by atoms with Gasteiger partial charge in [-0.3, -0.25) is 10.1 Å². The number of aliphatic hydroxyl groups is 1. The average molecular weight is 264 g/mol. The quantitative estimate of drug-likeness (QED) is 0.632. The Morgan fingerprint density at radius 2 is 2.11 bits per heavy atom. The summed E-state index contributed by atoms with van der Waals surface area (Å²) < 4.78 is 0. The van der Waals surface area contributed by atoms with Gasteiger partial charge in [0.2, 0.25) is 0 Å². The van der Waals surface area contributed by atoms with Gasteiger partial charge in [-0.1, -0.05) is 25.0 Å². The number of hydrogen-bond acceptors (Lipinski definition) is 4. The first-order valence-electron chi connectivity index (χ1n) is 6.67. The molecule has 2 rings (SSSR count). The zero-order valence-electron chi connectivity index (χ0n) is 11.2. The van der Waals surface area contributed by atoms with Crippen LogP contribution in [0.1, 0.15) is 36.8 Å². The maximum Gasteiger partial charge on any atom is 0.272 e. The molecule has 1 fully saturated rings. The largest absolute Gasteiger partial charge is 0.394 e. The third kappa shape index (κ3) is 2.93. The highest BCUT2D eigenvalue weighted by atomic mass is 16.6. The van der Waals surface area contributed by atoms with E-state index < -0.39 is 0 Å². The molecule has 1 aromatic rings. The lowest BCUT2D eigenvalue weighted by molar-refractivity contribution is -0.385. The molecular weight excluding hydrogens is 244 g/mol. The highest BCUT2D eigenvalue weighted by Gasteiger charge is 2.32. The summed E-state index contributed by atoms with van der Waals surface area (Å²) in [6, 6.07) is 5.13. The minimum absolute atomic E-state index is 0.126. The lowest BCUT2D eigenvalue weighted by Crippen LogP contribution is -2.45. The van der Waals surface area contributed by atoms with Gasteiger partial charge in [-0.15, -0.1) is 0 Å². The Hall–Kier alpha value is -1.46. The highest BCUT2D eigenvalue weighted by Crippen LogP contribution is 2.30. The molecule has 19 heavy (non-hydrogen) atoms. The van der Waals surface area contributed by atoms with Crippen molar-refractivity contribution in [1.29, 1.82) is 0 Å². The van der Waals surface area contributed by atoms with Gasteiger partial charge in [-0.05, 0) is 25.3 Å². The highest BCUT2D eigenvalue weighted by molar-refractivity contribution is 5.44. The number of rotatable bonds is 5. The van der Waals surface area contributed by atoms with Gasteiger partial charge in [0.25, 0.3) is 5.69 Å². The van der Waals surface area contributed by atoms with Gasteiger partial charge in [0, 0.05) is 23.7 Å². The summed E-state index contributed by atoms with van der Waals surface area (Å²) in [6.07, 6.45) is 4.19. The molecule has 0 unspecified atom stereocenters. The zero-order valence-corrected chi connectivity index (χ0v) is 11.2. The van der Waals surface area contributed by atoms with Gasteiger partial charge in [-0.2, -0.15) is 0 Å². The molecule has 0 saturated heterocycles. The normalized spacial score (nSPS) is 17.6. The second-order valence-electron chi connectivity index (χ2n) is 5.32. The number of nitro groups is 1. The SMILES string of the molecule is Cc1c(CNC2(CO)CCCC2)cccc1[N+](=O)[O-]. The van der Waals surface area contributed by atoms with E-state index in [1.165, 1.54) is 6.07 Å². The second-order valence-corrected chi connectivity index (χ2v) is 5.32. The van der Waals surface area contributed by atoms with Gasteiger partial charge in [0.1, 0.15) is 0 Å². The summed E-state index contributed by atoms with van der Waals surface area (Å²) in [7, 11) is 0. The van der Waals surface area contributed by atoms with Crippen LogP contribution < -0.4 is 5.32 Å². The Balaban J connectivity index is 2.11. The molecule has 2 N–H and O–H groups in total. The van der Waals surface area contributed by atoms with Crippen LogP contribution in [0.15, 0.2) is 18.2 Å². The molecule has 0 atom stereocenters. The molecule has 5 nitrogen and oxygen atoms in total. The van der Waals surface area contributed by atoms with Crippen molar-refractivity contribution in [3.63, 3.8) is 0 Å². The molecule has 0 aliphatic heterocycles. The Labute approximate surface area is 112 Å². The Morgan fingerprint density at radius 1 is 1.42 bits per heavy atom. The summed E-state index contributed by atoms with van der Waals surface area (Å²) in [5.41, 5.74) is 1.58. The Morgan fingerprint density at radius 3 is 2.68 bits per heavy atom. The fourth-order valence-corrected chi connectivity index (χ4v) is 2.78. The summed E-state index contributed by atoms with van der Waals surface area (Å²) in [4.78, 5) is 10.5. The van der Waals surface area contributed by atoms with Crippen LogP contribution in [0.5, 0.6) is 0 Å². The summed E-state index contributed by atoms with van der Waals surface area (Å²) in [5, 5.41) is 23.8. The monoisotopic (exact) mass is 264 g/mol. The Bertz CT molecular complexity index is 468. The topological polar surface area (TPSA) is 75.4 Å². The predicted octanol–water partition coefficient (Wildman–Crippen LogP) is 2.30. The molecule has 5 heteroatoms. The molecule has 0 heterocycles. The number of nitro benzene ring substituents is 1. The smallest absolute Gasteiger partial charge is 0.272 e. The van der Waals surface area contributed by atoms with E-state index in [1.807, 2.05) is 6.07 Å². The van der Waals surface area contributed by atoms with Crippen molar-refractivity contribution in [2.45, 2.75) is 44.7 Å². The van der Waals surface area contributed by atoms with Crippen LogP contribution >= 0.6 is 0 Å². The van der Waals surface area contributed by atoms with Crippen LogP contribution in [0.3, 0.4) is 0 Å². The second kappa shape index (κ2) is 5.67. The molecule has 1 aliphatic rings. The van der Waals surface area contributed by atoms with Crippen LogP contribution in [-0.2, 0) is 6.54 Å². The number of hydrogen-bond donors (Lipinski definition) is 2. The number of nitrogens with zero attached hydrogens (tertiary/aromatic N) is 1. The lowest BCUT2D eigenvalue weighted by Gasteiger charge is -2.28. The van der Waals surface area contributed by atoms with E-state index >= 15 is 0 Å².